The number of amides is 1. The van der Waals surface area contributed by atoms with Gasteiger partial charge in [0.1, 0.15) is 0 Å². The summed E-state index contributed by atoms with van der Waals surface area (Å²) in [4.78, 5) is 16.2. The van der Waals surface area contributed by atoms with Crippen molar-refractivity contribution in [1.29, 1.82) is 0 Å². The normalized spacial score (nSPS) is 24.6. The summed E-state index contributed by atoms with van der Waals surface area (Å²) in [6.45, 7) is 3.36. The first kappa shape index (κ1) is 20.2. The topological polar surface area (TPSA) is 93.2 Å². The van der Waals surface area contributed by atoms with Gasteiger partial charge in [0.25, 0.3) is 0 Å². The summed E-state index contributed by atoms with van der Waals surface area (Å²) in [5.41, 5.74) is 6.65. The SMILES string of the molecule is CCn1cnc(CNC(=O)[C@H]2CC[C@@H](O)[C@H](N)C2)c1.Cl.Cl. The molecule has 0 saturated heterocycles. The fourth-order valence-electron chi connectivity index (χ4n) is 2.42. The lowest BCUT2D eigenvalue weighted by Gasteiger charge is -2.29. The largest absolute Gasteiger partial charge is 0.392 e. The first-order chi connectivity index (χ1) is 9.10. The van der Waals surface area contributed by atoms with Crippen LogP contribution in [0.25, 0.3) is 0 Å². The summed E-state index contributed by atoms with van der Waals surface area (Å²) >= 11 is 0. The van der Waals surface area contributed by atoms with Gasteiger partial charge in [-0.25, -0.2) is 4.98 Å². The number of carbonyl (C=O) groups excluding carboxylic acids is 1. The minimum absolute atomic E-state index is 0. The van der Waals surface area contributed by atoms with Crippen molar-refractivity contribution in [3.63, 3.8) is 0 Å². The molecule has 0 aromatic carbocycles. The number of rotatable bonds is 4. The number of nitrogens with two attached hydrogens (primary N) is 1. The molecule has 0 spiro atoms. The molecule has 1 heterocycles. The maximum absolute atomic E-state index is 12.0. The Bertz CT molecular complexity index is 442. The summed E-state index contributed by atoms with van der Waals surface area (Å²) < 4.78 is 1.97. The standard InChI is InChI=1S/C13H22N4O2.2ClH/c1-2-17-7-10(16-8-17)6-15-13(19)9-3-4-12(18)11(14)5-9;;/h7-9,11-12,18H,2-6,14H2,1H3,(H,15,19);2*1H/t9-,11+,12+;;/m0../s1. The predicted octanol–water partition coefficient (Wildman–Crippen LogP) is 0.851. The number of aryl methyl sites for hydroxylation is 1. The molecular weight excluding hydrogens is 315 g/mol. The van der Waals surface area contributed by atoms with E-state index in [1.807, 2.05) is 17.7 Å². The van der Waals surface area contributed by atoms with Gasteiger partial charge in [0.05, 0.1) is 24.7 Å². The molecule has 1 fully saturated rings. The number of nitrogens with one attached hydrogen (secondary N) is 1. The van der Waals surface area contributed by atoms with Crippen molar-refractivity contribution in [2.45, 2.75) is 51.4 Å². The highest BCUT2D eigenvalue weighted by Gasteiger charge is 2.30. The first-order valence-corrected chi connectivity index (χ1v) is 6.82. The zero-order chi connectivity index (χ0) is 13.8. The van der Waals surface area contributed by atoms with Crippen molar-refractivity contribution in [1.82, 2.24) is 14.9 Å². The van der Waals surface area contributed by atoms with Gasteiger partial charge in [-0.2, -0.15) is 0 Å². The zero-order valence-electron chi connectivity index (χ0n) is 12.1. The lowest BCUT2D eigenvalue weighted by atomic mass is 9.84. The molecule has 122 valence electrons. The van der Waals surface area contributed by atoms with E-state index in [0.29, 0.717) is 25.8 Å². The lowest BCUT2D eigenvalue weighted by molar-refractivity contribution is -0.127. The molecule has 0 radical (unpaired) electrons. The predicted molar refractivity (Wildman–Crippen MR) is 85.6 cm³/mol. The van der Waals surface area contributed by atoms with Crippen molar-refractivity contribution >= 4 is 30.7 Å². The second kappa shape index (κ2) is 9.25. The van der Waals surface area contributed by atoms with E-state index in [1.54, 1.807) is 6.33 Å². The number of imidazole rings is 1. The number of hydrogen-bond donors (Lipinski definition) is 3. The molecule has 0 unspecified atom stereocenters. The summed E-state index contributed by atoms with van der Waals surface area (Å²) in [6.07, 6.45) is 5.07. The summed E-state index contributed by atoms with van der Waals surface area (Å²) in [5.74, 6) is -0.0833. The molecule has 21 heavy (non-hydrogen) atoms. The van der Waals surface area contributed by atoms with Gasteiger partial charge in [0.15, 0.2) is 0 Å². The molecule has 1 aliphatic carbocycles. The molecule has 1 aromatic rings. The van der Waals surface area contributed by atoms with Crippen molar-refractivity contribution in [3.05, 3.63) is 18.2 Å². The molecule has 8 heteroatoms. The molecule has 1 aliphatic rings. The van der Waals surface area contributed by atoms with Crippen molar-refractivity contribution < 1.29 is 9.90 Å². The lowest BCUT2D eigenvalue weighted by Crippen LogP contribution is -2.44. The second-order valence-electron chi connectivity index (χ2n) is 5.15. The van der Waals surface area contributed by atoms with E-state index in [0.717, 1.165) is 12.2 Å². The van der Waals surface area contributed by atoms with Gasteiger partial charge in [-0.15, -0.1) is 24.8 Å². The van der Waals surface area contributed by atoms with Crippen LogP contribution in [0.3, 0.4) is 0 Å². The average molecular weight is 339 g/mol. The Morgan fingerprint density at radius 3 is 2.81 bits per heavy atom. The van der Waals surface area contributed by atoms with E-state index in [1.165, 1.54) is 0 Å². The molecule has 1 amide bonds. The van der Waals surface area contributed by atoms with Crippen LogP contribution in [0.5, 0.6) is 0 Å². The van der Waals surface area contributed by atoms with E-state index in [9.17, 15) is 9.90 Å². The van der Waals surface area contributed by atoms with Crippen molar-refractivity contribution in [2.75, 3.05) is 0 Å². The molecule has 6 nitrogen and oxygen atoms in total. The van der Waals surface area contributed by atoms with Gasteiger partial charge >= 0.3 is 0 Å². The zero-order valence-corrected chi connectivity index (χ0v) is 13.7. The third-order valence-corrected chi connectivity index (χ3v) is 3.73. The minimum Gasteiger partial charge on any atom is -0.392 e. The second-order valence-corrected chi connectivity index (χ2v) is 5.15. The maximum Gasteiger partial charge on any atom is 0.223 e. The van der Waals surface area contributed by atoms with E-state index >= 15 is 0 Å². The van der Waals surface area contributed by atoms with Gasteiger partial charge in [-0.05, 0) is 26.2 Å². The number of carbonyl (C=O) groups is 1. The summed E-state index contributed by atoms with van der Waals surface area (Å²) in [5, 5.41) is 12.4. The Kier molecular flexibility index (Phi) is 8.89. The highest BCUT2D eigenvalue weighted by molar-refractivity contribution is 5.85. The quantitative estimate of drug-likeness (QED) is 0.758. The number of nitrogens with zero attached hydrogens (tertiary/aromatic N) is 2. The fraction of sp³-hybridized carbons (Fsp3) is 0.692. The summed E-state index contributed by atoms with van der Waals surface area (Å²) in [6, 6.07) is -0.288. The molecule has 1 aromatic heterocycles. The van der Waals surface area contributed by atoms with Gasteiger partial charge in [0, 0.05) is 24.7 Å². The Hall–Kier alpha value is -0.820. The van der Waals surface area contributed by atoms with Gasteiger partial charge in [-0.3, -0.25) is 4.79 Å². The van der Waals surface area contributed by atoms with Gasteiger partial charge in [0.2, 0.25) is 5.91 Å². The number of hydrogen-bond acceptors (Lipinski definition) is 4. The van der Waals surface area contributed by atoms with E-state index in [2.05, 4.69) is 10.3 Å². The van der Waals surface area contributed by atoms with Crippen LogP contribution in [-0.2, 0) is 17.9 Å². The number of aromatic nitrogens is 2. The smallest absolute Gasteiger partial charge is 0.223 e. The first-order valence-electron chi connectivity index (χ1n) is 6.82. The minimum atomic E-state index is -0.468. The van der Waals surface area contributed by atoms with E-state index in [4.69, 9.17) is 5.73 Å². The van der Waals surface area contributed by atoms with Crippen LogP contribution < -0.4 is 11.1 Å². The molecule has 1 saturated carbocycles. The number of halogens is 2. The highest BCUT2D eigenvalue weighted by Crippen LogP contribution is 2.23. The molecule has 0 bridgehead atoms. The van der Waals surface area contributed by atoms with Crippen molar-refractivity contribution in [2.24, 2.45) is 11.7 Å². The molecule has 4 N–H and O–H groups in total. The number of aliphatic hydroxyl groups is 1. The fourth-order valence-corrected chi connectivity index (χ4v) is 2.42. The van der Waals surface area contributed by atoms with Crippen LogP contribution in [0, 0.1) is 5.92 Å². The van der Waals surface area contributed by atoms with E-state index < -0.39 is 6.10 Å². The third-order valence-electron chi connectivity index (χ3n) is 3.73. The van der Waals surface area contributed by atoms with Crippen molar-refractivity contribution in [3.8, 4) is 0 Å². The summed E-state index contributed by atoms with van der Waals surface area (Å²) in [7, 11) is 0. The van der Waals surface area contributed by atoms with E-state index in [-0.39, 0.29) is 42.7 Å². The van der Waals surface area contributed by atoms with Crippen LogP contribution in [0.15, 0.2) is 12.5 Å². The van der Waals surface area contributed by atoms with Crippen LogP contribution in [0.1, 0.15) is 31.9 Å². The molecule has 0 aliphatic heterocycles. The monoisotopic (exact) mass is 338 g/mol. The highest BCUT2D eigenvalue weighted by atomic mass is 35.5. The van der Waals surface area contributed by atoms with Crippen LogP contribution in [0.2, 0.25) is 0 Å². The Morgan fingerprint density at radius 2 is 2.24 bits per heavy atom. The Balaban J connectivity index is 0.00000200. The Labute approximate surface area is 137 Å². The van der Waals surface area contributed by atoms with Crippen LogP contribution >= 0.6 is 24.8 Å². The Morgan fingerprint density at radius 1 is 1.52 bits per heavy atom. The van der Waals surface area contributed by atoms with Crippen LogP contribution in [-0.4, -0.2) is 32.7 Å². The number of aliphatic hydroxyl groups excluding tert-OH is 1. The maximum atomic E-state index is 12.0. The van der Waals surface area contributed by atoms with Crippen LogP contribution in [0.4, 0.5) is 0 Å². The molecule has 2 rings (SSSR count). The molecule has 3 atom stereocenters. The van der Waals surface area contributed by atoms with Gasteiger partial charge < -0.3 is 20.7 Å². The molecular formula is C13H24Cl2N4O2. The average Bonchev–Trinajstić information content (AvgIpc) is 2.87. The third kappa shape index (κ3) is 5.47. The van der Waals surface area contributed by atoms with Gasteiger partial charge in [-0.1, -0.05) is 0 Å².